The molecule has 0 aromatic carbocycles. The first-order valence-electron chi connectivity index (χ1n) is 3.81. The number of aromatic nitrogens is 1. The van der Waals surface area contributed by atoms with E-state index in [9.17, 15) is 4.79 Å². The maximum absolute atomic E-state index is 11.6. The first kappa shape index (κ1) is 10.9. The zero-order chi connectivity index (χ0) is 10.0. The Bertz CT molecular complexity index is 405. The van der Waals surface area contributed by atoms with E-state index in [1.807, 2.05) is 19.1 Å². The number of aryl methyl sites for hydroxylation is 2. The van der Waals surface area contributed by atoms with E-state index in [1.165, 1.54) is 0 Å². The van der Waals surface area contributed by atoms with Crippen LogP contribution in [-0.4, -0.2) is 4.57 Å². The fraction of sp³-hybridized carbons (Fsp3) is 0.222. The lowest BCUT2D eigenvalue weighted by Gasteiger charge is -2.02. The molecule has 0 aliphatic carbocycles. The zero-order valence-electron chi connectivity index (χ0n) is 7.54. The van der Waals surface area contributed by atoms with Gasteiger partial charge >= 0.3 is 0 Å². The second-order valence-electron chi connectivity index (χ2n) is 2.86. The minimum absolute atomic E-state index is 0.0524. The highest BCUT2D eigenvalue weighted by atomic mass is 127. The summed E-state index contributed by atoms with van der Waals surface area (Å²) in [6, 6.07) is 1.94. The van der Waals surface area contributed by atoms with E-state index in [4.69, 9.17) is 0 Å². The van der Waals surface area contributed by atoms with Crippen LogP contribution in [0.3, 0.4) is 0 Å². The van der Waals surface area contributed by atoms with Crippen molar-refractivity contribution in [3.8, 4) is 0 Å². The average Bonchev–Trinajstić information content (AvgIpc) is 2.05. The Hall–Kier alpha value is -0.150. The van der Waals surface area contributed by atoms with E-state index in [2.05, 4.69) is 31.8 Å². The molecule has 2 nitrogen and oxygen atoms in total. The fourth-order valence-corrected chi connectivity index (χ4v) is 1.53. The summed E-state index contributed by atoms with van der Waals surface area (Å²) in [6.07, 6.45) is 3.66. The minimum atomic E-state index is 0.0524. The molecule has 4 heteroatoms. The van der Waals surface area contributed by atoms with Crippen LogP contribution in [0.5, 0.6) is 0 Å². The molecule has 1 aromatic rings. The Morgan fingerprint density at radius 2 is 2.31 bits per heavy atom. The van der Waals surface area contributed by atoms with Crippen LogP contribution in [-0.2, 0) is 7.05 Å². The molecule has 1 rings (SSSR count). The van der Waals surface area contributed by atoms with Gasteiger partial charge in [-0.2, -0.15) is 0 Å². The molecular formula is C9H11INOP. The smallest absolute Gasteiger partial charge is 0.257 e. The van der Waals surface area contributed by atoms with Gasteiger partial charge in [-0.15, -0.1) is 0 Å². The van der Waals surface area contributed by atoms with Gasteiger partial charge in [0, 0.05) is 22.1 Å². The summed E-state index contributed by atoms with van der Waals surface area (Å²) < 4.78 is 2.62. The Balaban J connectivity index is 3.43. The SMILES string of the molecule is Cc1ccn(C)c(=O)c1/C=C(/P)I. The molecule has 0 spiro atoms. The van der Waals surface area contributed by atoms with Crippen molar-refractivity contribution in [2.24, 2.45) is 7.05 Å². The molecule has 0 amide bonds. The second-order valence-corrected chi connectivity index (χ2v) is 5.90. The Morgan fingerprint density at radius 3 is 2.85 bits per heavy atom. The number of pyridine rings is 1. The molecule has 0 saturated carbocycles. The Labute approximate surface area is 93.4 Å². The van der Waals surface area contributed by atoms with E-state index in [0.717, 1.165) is 14.4 Å². The van der Waals surface area contributed by atoms with Crippen molar-refractivity contribution in [3.63, 3.8) is 0 Å². The van der Waals surface area contributed by atoms with E-state index in [1.54, 1.807) is 17.8 Å². The van der Waals surface area contributed by atoms with Gasteiger partial charge in [0.1, 0.15) is 0 Å². The van der Waals surface area contributed by atoms with Crippen molar-refractivity contribution in [2.75, 3.05) is 0 Å². The van der Waals surface area contributed by atoms with Gasteiger partial charge in [-0.3, -0.25) is 4.79 Å². The second kappa shape index (κ2) is 4.38. The molecule has 0 fully saturated rings. The van der Waals surface area contributed by atoms with E-state index < -0.39 is 0 Å². The van der Waals surface area contributed by atoms with Crippen LogP contribution >= 0.6 is 31.8 Å². The van der Waals surface area contributed by atoms with Gasteiger partial charge in [-0.25, -0.2) is 0 Å². The van der Waals surface area contributed by atoms with Crippen LogP contribution in [0.15, 0.2) is 20.4 Å². The third-order valence-electron chi connectivity index (χ3n) is 1.81. The number of hydrogen-bond acceptors (Lipinski definition) is 1. The predicted octanol–water partition coefficient (Wildman–Crippen LogP) is 2.30. The maximum Gasteiger partial charge on any atom is 0.257 e. The van der Waals surface area contributed by atoms with Gasteiger partial charge in [-0.05, 0) is 47.2 Å². The number of halogens is 1. The standard InChI is InChI=1S/C9H11INOP/c1-6-3-4-11(2)9(12)7(6)5-8(10)13/h3-5H,13H2,1-2H3/b8-5+. The molecule has 0 radical (unpaired) electrons. The van der Waals surface area contributed by atoms with Crippen LogP contribution in [0.2, 0.25) is 0 Å². The fourth-order valence-electron chi connectivity index (χ4n) is 1.05. The van der Waals surface area contributed by atoms with Gasteiger partial charge in [0.05, 0.1) is 0 Å². The molecule has 1 heterocycles. The van der Waals surface area contributed by atoms with Gasteiger partial charge in [0.2, 0.25) is 0 Å². The minimum Gasteiger partial charge on any atom is -0.318 e. The highest BCUT2D eigenvalue weighted by Crippen LogP contribution is 2.18. The molecule has 1 atom stereocenters. The molecule has 0 saturated heterocycles. The third kappa shape index (κ3) is 2.64. The van der Waals surface area contributed by atoms with E-state index >= 15 is 0 Å². The van der Waals surface area contributed by atoms with Crippen LogP contribution in [0.1, 0.15) is 11.1 Å². The molecular weight excluding hydrogens is 296 g/mol. The number of rotatable bonds is 1. The first-order valence-corrected chi connectivity index (χ1v) is 5.47. The normalized spacial score (nSPS) is 11.8. The molecule has 0 aliphatic rings. The largest absolute Gasteiger partial charge is 0.318 e. The summed E-state index contributed by atoms with van der Waals surface area (Å²) in [7, 11) is 4.33. The van der Waals surface area contributed by atoms with E-state index in [0.29, 0.717) is 0 Å². The first-order chi connectivity index (χ1) is 6.02. The molecule has 1 unspecified atom stereocenters. The topological polar surface area (TPSA) is 22.0 Å². The van der Waals surface area contributed by atoms with Crippen molar-refractivity contribution in [1.29, 1.82) is 0 Å². The molecule has 70 valence electrons. The van der Waals surface area contributed by atoms with E-state index in [-0.39, 0.29) is 5.56 Å². The van der Waals surface area contributed by atoms with Gasteiger partial charge in [-0.1, -0.05) is 9.24 Å². The molecule has 13 heavy (non-hydrogen) atoms. The molecule has 0 N–H and O–H groups in total. The van der Waals surface area contributed by atoms with Gasteiger partial charge < -0.3 is 4.57 Å². The maximum atomic E-state index is 11.6. The lowest BCUT2D eigenvalue weighted by atomic mass is 10.1. The van der Waals surface area contributed by atoms with Crippen LogP contribution in [0.25, 0.3) is 6.08 Å². The average molecular weight is 307 g/mol. The quantitative estimate of drug-likeness (QED) is 0.576. The lowest BCUT2D eigenvalue weighted by Crippen LogP contribution is -2.19. The van der Waals surface area contributed by atoms with Crippen molar-refractivity contribution in [3.05, 3.63) is 37.1 Å². The predicted molar refractivity (Wildman–Crippen MR) is 68.1 cm³/mol. The summed E-state index contributed by atoms with van der Waals surface area (Å²) in [5.41, 5.74) is 1.83. The van der Waals surface area contributed by atoms with Crippen molar-refractivity contribution < 1.29 is 0 Å². The summed E-state index contributed by atoms with van der Waals surface area (Å²) in [6.45, 7) is 1.94. The number of hydrogen-bond donors (Lipinski definition) is 0. The summed E-state index contributed by atoms with van der Waals surface area (Å²) in [5.74, 6) is 0. The van der Waals surface area contributed by atoms with Crippen LogP contribution in [0.4, 0.5) is 0 Å². The lowest BCUT2D eigenvalue weighted by molar-refractivity contribution is 0.852. The summed E-state index contributed by atoms with van der Waals surface area (Å²) in [4.78, 5) is 11.6. The highest BCUT2D eigenvalue weighted by molar-refractivity contribution is 14.1. The van der Waals surface area contributed by atoms with Gasteiger partial charge in [0.25, 0.3) is 5.56 Å². The molecule has 1 aromatic heterocycles. The van der Waals surface area contributed by atoms with Gasteiger partial charge in [0.15, 0.2) is 0 Å². The van der Waals surface area contributed by atoms with Crippen LogP contribution in [0, 0.1) is 6.92 Å². The highest BCUT2D eigenvalue weighted by Gasteiger charge is 2.01. The Morgan fingerprint density at radius 1 is 1.69 bits per heavy atom. The summed E-state index contributed by atoms with van der Waals surface area (Å²) >= 11 is 2.17. The van der Waals surface area contributed by atoms with Crippen molar-refractivity contribution in [1.82, 2.24) is 4.57 Å². The zero-order valence-corrected chi connectivity index (χ0v) is 10.9. The summed E-state index contributed by atoms with van der Waals surface area (Å²) in [5, 5.41) is 0. The molecule has 0 aliphatic heterocycles. The third-order valence-corrected chi connectivity index (χ3v) is 2.28. The number of nitrogens with zero attached hydrogens (tertiary/aromatic N) is 1. The van der Waals surface area contributed by atoms with Crippen molar-refractivity contribution in [2.45, 2.75) is 6.92 Å². The monoisotopic (exact) mass is 307 g/mol. The Kier molecular flexibility index (Phi) is 3.68. The van der Waals surface area contributed by atoms with Crippen LogP contribution < -0.4 is 5.56 Å². The molecule has 0 bridgehead atoms. The van der Waals surface area contributed by atoms with Crippen molar-refractivity contribution >= 4 is 37.9 Å².